The normalized spacial score (nSPS) is 25.2. The van der Waals surface area contributed by atoms with Gasteiger partial charge in [0, 0.05) is 19.1 Å². The number of piperidine rings is 1. The summed E-state index contributed by atoms with van der Waals surface area (Å²) >= 11 is 0. The Morgan fingerprint density at radius 3 is 2.53 bits per heavy atom. The Labute approximate surface area is 113 Å². The molecule has 0 saturated carbocycles. The molecule has 3 atom stereocenters. The number of aliphatic hydroxyl groups is 1. The fourth-order valence-electron chi connectivity index (χ4n) is 2.21. The van der Waals surface area contributed by atoms with Crippen molar-refractivity contribution in [2.75, 3.05) is 13.1 Å². The van der Waals surface area contributed by atoms with Crippen LogP contribution in [-0.4, -0.2) is 52.3 Å². The number of carboxylic acids is 1. The summed E-state index contributed by atoms with van der Waals surface area (Å²) < 4.78 is 0. The van der Waals surface area contributed by atoms with Gasteiger partial charge in [0.25, 0.3) is 0 Å². The van der Waals surface area contributed by atoms with Crippen molar-refractivity contribution in [1.29, 1.82) is 0 Å². The van der Waals surface area contributed by atoms with Crippen molar-refractivity contribution < 1.29 is 19.8 Å². The van der Waals surface area contributed by atoms with Crippen molar-refractivity contribution in [3.63, 3.8) is 0 Å². The number of aliphatic carboxylic acids is 1. The predicted octanol–water partition coefficient (Wildman–Crippen LogP) is 0.898. The second-order valence-electron chi connectivity index (χ2n) is 5.68. The third-order valence-corrected chi connectivity index (χ3v) is 3.66. The largest absolute Gasteiger partial charge is 0.481 e. The van der Waals surface area contributed by atoms with E-state index >= 15 is 0 Å². The van der Waals surface area contributed by atoms with Gasteiger partial charge in [-0.25, -0.2) is 4.79 Å². The van der Waals surface area contributed by atoms with Gasteiger partial charge in [0.1, 0.15) is 0 Å². The van der Waals surface area contributed by atoms with E-state index in [4.69, 9.17) is 5.11 Å². The molecule has 6 nitrogen and oxygen atoms in total. The van der Waals surface area contributed by atoms with Crippen LogP contribution in [0.5, 0.6) is 0 Å². The number of nitrogens with one attached hydrogen (secondary N) is 1. The minimum absolute atomic E-state index is 0.0523. The zero-order valence-corrected chi connectivity index (χ0v) is 11.8. The highest BCUT2D eigenvalue weighted by Crippen LogP contribution is 2.17. The number of nitrogens with zero attached hydrogens (tertiary/aromatic N) is 1. The van der Waals surface area contributed by atoms with Gasteiger partial charge < -0.3 is 20.4 Å². The molecule has 0 aromatic heterocycles. The van der Waals surface area contributed by atoms with E-state index in [1.165, 1.54) is 0 Å². The minimum atomic E-state index is -0.915. The van der Waals surface area contributed by atoms with E-state index in [1.807, 2.05) is 20.8 Å². The van der Waals surface area contributed by atoms with Gasteiger partial charge in [0.15, 0.2) is 0 Å². The second kappa shape index (κ2) is 6.75. The lowest BCUT2D eigenvalue weighted by Gasteiger charge is -2.35. The van der Waals surface area contributed by atoms with E-state index < -0.39 is 5.97 Å². The molecular formula is C13H24N2O4. The molecule has 1 fully saturated rings. The SMILES string of the molecule is CC(C)C(CC(=O)O)NC(=O)N1CCC(O)C(C)C1. The lowest BCUT2D eigenvalue weighted by Crippen LogP contribution is -2.52. The molecule has 0 radical (unpaired) electrons. The van der Waals surface area contributed by atoms with Crippen LogP contribution in [0.1, 0.15) is 33.6 Å². The topological polar surface area (TPSA) is 89.9 Å². The number of hydrogen-bond donors (Lipinski definition) is 3. The Balaban J connectivity index is 2.54. The molecule has 3 unspecified atom stereocenters. The highest BCUT2D eigenvalue weighted by Gasteiger charge is 2.29. The average molecular weight is 272 g/mol. The highest BCUT2D eigenvalue weighted by atomic mass is 16.4. The smallest absolute Gasteiger partial charge is 0.317 e. The fourth-order valence-corrected chi connectivity index (χ4v) is 2.21. The molecule has 0 spiro atoms. The maximum Gasteiger partial charge on any atom is 0.317 e. The van der Waals surface area contributed by atoms with Crippen molar-refractivity contribution >= 4 is 12.0 Å². The van der Waals surface area contributed by atoms with Crippen molar-refractivity contribution in [3.05, 3.63) is 0 Å². The van der Waals surface area contributed by atoms with Crippen LogP contribution >= 0.6 is 0 Å². The quantitative estimate of drug-likeness (QED) is 0.709. The zero-order valence-electron chi connectivity index (χ0n) is 11.8. The molecule has 2 amide bonds. The van der Waals surface area contributed by atoms with Crippen LogP contribution < -0.4 is 5.32 Å². The van der Waals surface area contributed by atoms with E-state index in [0.717, 1.165) is 0 Å². The number of likely N-dealkylation sites (tertiary alicyclic amines) is 1. The summed E-state index contributed by atoms with van der Waals surface area (Å²) in [4.78, 5) is 24.5. The lowest BCUT2D eigenvalue weighted by molar-refractivity contribution is -0.137. The van der Waals surface area contributed by atoms with Gasteiger partial charge in [-0.15, -0.1) is 0 Å². The molecule has 1 aliphatic rings. The Bertz CT molecular complexity index is 333. The van der Waals surface area contributed by atoms with Crippen molar-refractivity contribution in [2.45, 2.75) is 45.8 Å². The van der Waals surface area contributed by atoms with Crippen LogP contribution in [0.2, 0.25) is 0 Å². The van der Waals surface area contributed by atoms with Gasteiger partial charge in [-0.05, 0) is 18.3 Å². The fraction of sp³-hybridized carbons (Fsp3) is 0.846. The molecule has 0 aromatic rings. The van der Waals surface area contributed by atoms with Gasteiger partial charge >= 0.3 is 12.0 Å². The highest BCUT2D eigenvalue weighted by molar-refractivity contribution is 5.76. The first-order valence-electron chi connectivity index (χ1n) is 6.76. The van der Waals surface area contributed by atoms with E-state index in [2.05, 4.69) is 5.32 Å². The Morgan fingerprint density at radius 2 is 2.05 bits per heavy atom. The molecule has 0 aliphatic carbocycles. The molecule has 6 heteroatoms. The van der Waals surface area contributed by atoms with Crippen LogP contribution in [0.15, 0.2) is 0 Å². The molecule has 110 valence electrons. The molecule has 3 N–H and O–H groups in total. The van der Waals surface area contributed by atoms with Crippen LogP contribution in [0.25, 0.3) is 0 Å². The number of hydrogen-bond acceptors (Lipinski definition) is 3. The van der Waals surface area contributed by atoms with Gasteiger partial charge in [-0.3, -0.25) is 4.79 Å². The lowest BCUT2D eigenvalue weighted by atomic mass is 9.97. The maximum absolute atomic E-state index is 12.1. The van der Waals surface area contributed by atoms with Gasteiger partial charge in [0.2, 0.25) is 0 Å². The third-order valence-electron chi connectivity index (χ3n) is 3.66. The number of carbonyl (C=O) groups is 2. The summed E-state index contributed by atoms with van der Waals surface area (Å²) in [7, 11) is 0. The predicted molar refractivity (Wildman–Crippen MR) is 70.8 cm³/mol. The summed E-state index contributed by atoms with van der Waals surface area (Å²) in [5, 5.41) is 21.2. The molecule has 19 heavy (non-hydrogen) atoms. The summed E-state index contributed by atoms with van der Waals surface area (Å²) in [5.74, 6) is -0.800. The summed E-state index contributed by atoms with van der Waals surface area (Å²) in [6.07, 6.45) is 0.138. The Morgan fingerprint density at radius 1 is 1.42 bits per heavy atom. The molecule has 1 aliphatic heterocycles. The molecule has 1 saturated heterocycles. The number of carboxylic acid groups (broad SMARTS) is 1. The Kier molecular flexibility index (Phi) is 5.60. The van der Waals surface area contributed by atoms with Crippen molar-refractivity contribution in [1.82, 2.24) is 10.2 Å². The first-order chi connectivity index (χ1) is 8.81. The van der Waals surface area contributed by atoms with Crippen LogP contribution in [0.4, 0.5) is 4.79 Å². The van der Waals surface area contributed by atoms with E-state index in [0.29, 0.717) is 19.5 Å². The third kappa shape index (κ3) is 4.70. The van der Waals surface area contributed by atoms with Crippen LogP contribution in [0.3, 0.4) is 0 Å². The standard InChI is InChI=1S/C13H24N2O4/c1-8(2)10(6-12(17)18)14-13(19)15-5-4-11(16)9(3)7-15/h8-11,16H,4-7H2,1-3H3,(H,14,19)(H,17,18). The van der Waals surface area contributed by atoms with Crippen molar-refractivity contribution in [3.8, 4) is 0 Å². The maximum atomic E-state index is 12.1. The Hall–Kier alpha value is -1.30. The number of carbonyl (C=O) groups excluding carboxylic acids is 1. The molecule has 1 rings (SSSR count). The van der Waals surface area contributed by atoms with E-state index in [9.17, 15) is 14.7 Å². The summed E-state index contributed by atoms with van der Waals surface area (Å²) in [6, 6.07) is -0.606. The van der Waals surface area contributed by atoms with Crippen LogP contribution in [0, 0.1) is 11.8 Å². The first-order valence-corrected chi connectivity index (χ1v) is 6.76. The minimum Gasteiger partial charge on any atom is -0.481 e. The number of rotatable bonds is 4. The van der Waals surface area contributed by atoms with Gasteiger partial charge in [-0.1, -0.05) is 20.8 Å². The monoisotopic (exact) mass is 272 g/mol. The average Bonchev–Trinajstić information content (AvgIpc) is 2.31. The molecule has 0 bridgehead atoms. The molecular weight excluding hydrogens is 248 g/mol. The molecule has 1 heterocycles. The first kappa shape index (κ1) is 15.8. The second-order valence-corrected chi connectivity index (χ2v) is 5.68. The van der Waals surface area contributed by atoms with E-state index in [-0.39, 0.29) is 36.4 Å². The number of amides is 2. The van der Waals surface area contributed by atoms with Gasteiger partial charge in [0.05, 0.1) is 12.5 Å². The number of urea groups is 1. The summed E-state index contributed by atoms with van der Waals surface area (Å²) in [5.41, 5.74) is 0. The van der Waals surface area contributed by atoms with Crippen molar-refractivity contribution in [2.24, 2.45) is 11.8 Å². The summed E-state index contributed by atoms with van der Waals surface area (Å²) in [6.45, 7) is 6.69. The molecule has 0 aromatic carbocycles. The van der Waals surface area contributed by atoms with E-state index in [1.54, 1.807) is 4.90 Å². The zero-order chi connectivity index (χ0) is 14.6. The van der Waals surface area contributed by atoms with Gasteiger partial charge in [-0.2, -0.15) is 0 Å². The number of aliphatic hydroxyl groups excluding tert-OH is 1. The van der Waals surface area contributed by atoms with Crippen LogP contribution in [-0.2, 0) is 4.79 Å².